The van der Waals surface area contributed by atoms with Crippen LogP contribution in [0.15, 0.2) is 36.8 Å². The molecule has 1 amide bonds. The van der Waals surface area contributed by atoms with Crippen LogP contribution in [0.3, 0.4) is 0 Å². The Kier molecular flexibility index (Phi) is 6.37. The lowest BCUT2D eigenvalue weighted by atomic mass is 10.0. The first-order chi connectivity index (χ1) is 16.2. The minimum atomic E-state index is -0.217. The topological polar surface area (TPSA) is 79.2 Å². The van der Waals surface area contributed by atoms with Gasteiger partial charge in [0.05, 0.1) is 18.1 Å². The number of nitrogens with one attached hydrogen (secondary N) is 1. The highest BCUT2D eigenvalue weighted by atomic mass is 19.1. The van der Waals surface area contributed by atoms with Crippen LogP contribution in [0.2, 0.25) is 0 Å². The molecule has 2 aromatic heterocycles. The minimum Gasteiger partial charge on any atom is -0.368 e. The Balaban J connectivity index is 1.19. The number of amides is 1. The van der Waals surface area contributed by atoms with E-state index in [1.807, 2.05) is 23.0 Å². The number of halogens is 1. The van der Waals surface area contributed by atoms with Crippen LogP contribution >= 0.6 is 0 Å². The van der Waals surface area contributed by atoms with Crippen LogP contribution in [0.4, 0.5) is 15.9 Å². The predicted octanol–water partition coefficient (Wildman–Crippen LogP) is 2.99. The molecule has 1 aliphatic carbocycles. The summed E-state index contributed by atoms with van der Waals surface area (Å²) in [5, 5.41) is 8.47. The van der Waals surface area contributed by atoms with Crippen LogP contribution < -0.4 is 15.1 Å². The average molecular weight is 452 g/mol. The predicted molar refractivity (Wildman–Crippen MR) is 126 cm³/mol. The summed E-state index contributed by atoms with van der Waals surface area (Å²) in [5.74, 6) is 1.35. The van der Waals surface area contributed by atoms with E-state index < -0.39 is 0 Å². The highest BCUT2D eigenvalue weighted by Crippen LogP contribution is 2.27. The number of hydrogen-bond acceptors (Lipinski definition) is 6. The highest BCUT2D eigenvalue weighted by Gasteiger charge is 2.22. The molecule has 2 fully saturated rings. The van der Waals surface area contributed by atoms with Crippen molar-refractivity contribution < 1.29 is 9.18 Å². The summed E-state index contributed by atoms with van der Waals surface area (Å²) in [6, 6.07) is 6.65. The van der Waals surface area contributed by atoms with Gasteiger partial charge in [-0.05, 0) is 43.0 Å². The Labute approximate surface area is 192 Å². The molecular weight excluding hydrogens is 421 g/mol. The van der Waals surface area contributed by atoms with Crippen molar-refractivity contribution in [2.24, 2.45) is 5.92 Å². The molecule has 8 nitrogen and oxygen atoms in total. The molecule has 1 saturated heterocycles. The number of nitrogens with zero attached hydrogens (tertiary/aromatic N) is 6. The molecule has 0 bridgehead atoms. The number of anilines is 2. The van der Waals surface area contributed by atoms with Crippen LogP contribution in [-0.4, -0.2) is 58.4 Å². The van der Waals surface area contributed by atoms with Gasteiger partial charge in [0.15, 0.2) is 5.65 Å². The number of carbonyl (C=O) groups is 1. The summed E-state index contributed by atoms with van der Waals surface area (Å²) in [6.07, 6.45) is 8.89. The van der Waals surface area contributed by atoms with Gasteiger partial charge < -0.3 is 15.1 Å². The molecule has 0 spiro atoms. The molecule has 3 heterocycles. The summed E-state index contributed by atoms with van der Waals surface area (Å²) in [6.45, 7) is 4.40. The summed E-state index contributed by atoms with van der Waals surface area (Å²) in [4.78, 5) is 25.7. The summed E-state index contributed by atoms with van der Waals surface area (Å²) in [5.41, 5.74) is 1.82. The van der Waals surface area contributed by atoms with E-state index in [0.29, 0.717) is 25.4 Å². The summed E-state index contributed by atoms with van der Waals surface area (Å²) < 4.78 is 15.1. The molecule has 0 atom stereocenters. The largest absolute Gasteiger partial charge is 0.368 e. The normalized spacial score (nSPS) is 17.1. The number of fused-ring (bicyclic) bond motifs is 1. The van der Waals surface area contributed by atoms with Crippen LogP contribution in [-0.2, 0) is 11.3 Å². The second-order valence-electron chi connectivity index (χ2n) is 8.96. The van der Waals surface area contributed by atoms with Crippen molar-refractivity contribution in [1.29, 1.82) is 0 Å². The first-order valence-corrected chi connectivity index (χ1v) is 11.9. The fourth-order valence-electron chi connectivity index (χ4n) is 4.97. The summed E-state index contributed by atoms with van der Waals surface area (Å²) in [7, 11) is 0. The van der Waals surface area contributed by atoms with Crippen molar-refractivity contribution in [2.45, 2.75) is 38.6 Å². The number of benzene rings is 1. The molecule has 2 aliphatic rings. The molecule has 174 valence electrons. The molecule has 1 aliphatic heterocycles. The zero-order valence-corrected chi connectivity index (χ0v) is 18.8. The third-order valence-electron chi connectivity index (χ3n) is 6.78. The Hall–Kier alpha value is -3.23. The standard InChI is InChI=1S/C24H30FN7O/c25-19-5-7-20(8-6-19)30-11-13-31(14-12-30)23-21-16-29-32(24(21)28-17-27-23)10-9-26-22(33)15-18-3-1-2-4-18/h5-8,16-18H,1-4,9-15H2,(H,26,33). The van der Waals surface area contributed by atoms with Gasteiger partial charge >= 0.3 is 0 Å². The maximum absolute atomic E-state index is 13.2. The fourth-order valence-corrected chi connectivity index (χ4v) is 4.97. The highest BCUT2D eigenvalue weighted by molar-refractivity contribution is 5.86. The Morgan fingerprint density at radius 2 is 1.76 bits per heavy atom. The molecule has 5 rings (SSSR count). The maximum atomic E-state index is 13.2. The van der Waals surface area contributed by atoms with Crippen LogP contribution in [0.1, 0.15) is 32.1 Å². The Morgan fingerprint density at radius 3 is 2.52 bits per heavy atom. The quantitative estimate of drug-likeness (QED) is 0.595. The lowest BCUT2D eigenvalue weighted by molar-refractivity contribution is -0.122. The van der Waals surface area contributed by atoms with E-state index in [-0.39, 0.29) is 11.7 Å². The molecule has 1 N–H and O–H groups in total. The lowest BCUT2D eigenvalue weighted by Gasteiger charge is -2.36. The van der Waals surface area contributed by atoms with E-state index in [9.17, 15) is 9.18 Å². The van der Waals surface area contributed by atoms with Gasteiger partial charge in [-0.2, -0.15) is 5.10 Å². The van der Waals surface area contributed by atoms with Crippen LogP contribution in [0.25, 0.3) is 11.0 Å². The van der Waals surface area contributed by atoms with Crippen molar-refractivity contribution in [3.8, 4) is 0 Å². The third-order valence-corrected chi connectivity index (χ3v) is 6.78. The average Bonchev–Trinajstić information content (AvgIpc) is 3.50. The van der Waals surface area contributed by atoms with Crippen LogP contribution in [0.5, 0.6) is 0 Å². The van der Waals surface area contributed by atoms with E-state index in [2.05, 4.69) is 30.2 Å². The van der Waals surface area contributed by atoms with Gasteiger partial charge in [0.25, 0.3) is 0 Å². The molecule has 1 aromatic carbocycles. The lowest BCUT2D eigenvalue weighted by Crippen LogP contribution is -2.46. The molecule has 0 radical (unpaired) electrons. The van der Waals surface area contributed by atoms with E-state index in [1.54, 1.807) is 6.33 Å². The molecule has 0 unspecified atom stereocenters. The van der Waals surface area contributed by atoms with Gasteiger partial charge in [-0.25, -0.2) is 19.0 Å². The van der Waals surface area contributed by atoms with E-state index in [1.165, 1.54) is 37.8 Å². The first kappa shape index (κ1) is 21.6. The molecule has 3 aromatic rings. The van der Waals surface area contributed by atoms with Crippen molar-refractivity contribution >= 4 is 28.4 Å². The SMILES string of the molecule is O=C(CC1CCCC1)NCCn1ncc2c(N3CCN(c4ccc(F)cc4)CC3)ncnc21. The van der Waals surface area contributed by atoms with Gasteiger partial charge in [-0.3, -0.25) is 4.79 Å². The maximum Gasteiger partial charge on any atom is 0.220 e. The van der Waals surface area contributed by atoms with Crippen molar-refractivity contribution in [2.75, 3.05) is 42.5 Å². The number of aromatic nitrogens is 4. The van der Waals surface area contributed by atoms with E-state index >= 15 is 0 Å². The monoisotopic (exact) mass is 451 g/mol. The zero-order valence-electron chi connectivity index (χ0n) is 18.8. The zero-order chi connectivity index (χ0) is 22.6. The van der Waals surface area contributed by atoms with Crippen LogP contribution in [0, 0.1) is 11.7 Å². The van der Waals surface area contributed by atoms with Crippen molar-refractivity contribution in [3.05, 3.63) is 42.6 Å². The Morgan fingerprint density at radius 1 is 1.03 bits per heavy atom. The van der Waals surface area contributed by atoms with E-state index in [0.717, 1.165) is 48.7 Å². The number of piperazine rings is 1. The first-order valence-electron chi connectivity index (χ1n) is 11.9. The fraction of sp³-hybridized carbons (Fsp3) is 0.500. The number of carbonyl (C=O) groups excluding carboxylic acids is 1. The molecule has 33 heavy (non-hydrogen) atoms. The van der Waals surface area contributed by atoms with Gasteiger partial charge in [0, 0.05) is 44.8 Å². The van der Waals surface area contributed by atoms with Gasteiger partial charge in [0.2, 0.25) is 5.91 Å². The van der Waals surface area contributed by atoms with Crippen molar-refractivity contribution in [1.82, 2.24) is 25.1 Å². The van der Waals surface area contributed by atoms with Crippen molar-refractivity contribution in [3.63, 3.8) is 0 Å². The second kappa shape index (κ2) is 9.72. The Bertz CT molecular complexity index is 1090. The molecular formula is C24H30FN7O. The smallest absolute Gasteiger partial charge is 0.220 e. The molecule has 9 heteroatoms. The second-order valence-corrected chi connectivity index (χ2v) is 8.96. The summed E-state index contributed by atoms with van der Waals surface area (Å²) >= 11 is 0. The molecule has 1 saturated carbocycles. The van der Waals surface area contributed by atoms with Gasteiger partial charge in [-0.1, -0.05) is 12.8 Å². The van der Waals surface area contributed by atoms with Gasteiger partial charge in [0.1, 0.15) is 18.0 Å². The number of hydrogen-bond donors (Lipinski definition) is 1. The van der Waals surface area contributed by atoms with E-state index in [4.69, 9.17) is 0 Å². The third kappa shape index (κ3) is 4.91. The van der Waals surface area contributed by atoms with Gasteiger partial charge in [-0.15, -0.1) is 0 Å². The minimum absolute atomic E-state index is 0.132. The number of rotatable bonds is 7.